The normalized spacial score (nSPS) is 2.40. The molecule has 0 unspecified atom stereocenters. The van der Waals surface area contributed by atoms with E-state index in [2.05, 4.69) is 0 Å². The van der Waals surface area contributed by atoms with Crippen LogP contribution in [0.4, 0.5) is 0 Å². The fourth-order valence-corrected chi connectivity index (χ4v) is 0. The Balaban J connectivity index is -0.00000000667. The van der Waals surface area contributed by atoms with Gasteiger partial charge in [0.1, 0.15) is 0 Å². The minimum atomic E-state index is 0. The Bertz CT molecular complexity index is 21.0. The molecule has 1 N–H and O–H groups in total. The predicted molar refractivity (Wildman–Crippen MR) is 14.4 cm³/mol. The molecule has 23 valence electrons. The third-order valence-electron chi connectivity index (χ3n) is 0. The molecule has 0 saturated carbocycles. The van der Waals surface area contributed by atoms with Gasteiger partial charge in [0.05, 0.1) is 0 Å². The summed E-state index contributed by atoms with van der Waals surface area (Å²) in [5, 5.41) is 7.89. The van der Waals surface area contributed by atoms with E-state index in [0.29, 0.717) is 0 Å². The van der Waals surface area contributed by atoms with Crippen LogP contribution in [0.1, 0.15) is 1.43 Å². The van der Waals surface area contributed by atoms with E-state index in [0.717, 1.165) is 0 Å². The molecule has 0 aliphatic heterocycles. The first-order chi connectivity index (χ1) is 1.41. The van der Waals surface area contributed by atoms with Crippen molar-refractivity contribution >= 4 is 19.8 Å². The standard InChI is InChI=1S/Ga.Li.HNO2.H/c;;2-1-3;/h;;(H,2,3);/q;+1;;-1. The zero-order valence-electron chi connectivity index (χ0n) is 3.88. The molecule has 0 bridgehead atoms. The summed E-state index contributed by atoms with van der Waals surface area (Å²) in [6, 6.07) is 0. The van der Waals surface area contributed by atoms with Crippen molar-refractivity contribution in [3.05, 3.63) is 4.91 Å². The van der Waals surface area contributed by atoms with Crippen LogP contribution in [-0.4, -0.2) is 25.0 Å². The second-order valence-corrected chi connectivity index (χ2v) is 0.0816. The molecule has 0 aliphatic carbocycles. The smallest absolute Gasteiger partial charge is 1.00 e. The van der Waals surface area contributed by atoms with Crippen molar-refractivity contribution in [1.82, 2.24) is 0 Å². The molecular weight excluding hydrogens is 123 g/mol. The molecule has 0 aromatic heterocycles. The molecule has 3 nitrogen and oxygen atoms in total. The van der Waals surface area contributed by atoms with Gasteiger partial charge in [0, 0.05) is 19.8 Å². The zero-order chi connectivity index (χ0) is 2.71. The van der Waals surface area contributed by atoms with E-state index < -0.39 is 0 Å². The Labute approximate surface area is 55.8 Å². The summed E-state index contributed by atoms with van der Waals surface area (Å²) in [5.74, 6) is 0. The van der Waals surface area contributed by atoms with Crippen LogP contribution in [0.5, 0.6) is 0 Å². The van der Waals surface area contributed by atoms with E-state index in [9.17, 15) is 0 Å². The average Bonchev–Trinajstić information content (AvgIpc) is 0.918. The summed E-state index contributed by atoms with van der Waals surface area (Å²) in [4.78, 5) is 8.11. The molecule has 0 aromatic carbocycles. The average molecular weight is 125 g/mol. The molecule has 0 atom stereocenters. The van der Waals surface area contributed by atoms with E-state index in [1.807, 2.05) is 0 Å². The Hall–Kier alpha value is 0.634. The second kappa shape index (κ2) is 22.9. The maximum absolute atomic E-state index is 8.11. The number of rotatable bonds is 0. The number of nitrogens with zero attached hydrogens (tertiary/aromatic N) is 1. The van der Waals surface area contributed by atoms with Gasteiger partial charge < -0.3 is 6.63 Å². The number of hydrogen-bond donors (Lipinski definition) is 1. The number of hydrogen-bond acceptors (Lipinski definition) is 2. The van der Waals surface area contributed by atoms with E-state index in [1.165, 1.54) is 5.34 Å². The molecule has 0 heterocycles. The second-order valence-electron chi connectivity index (χ2n) is 0.0816. The molecule has 0 aliphatic rings. The van der Waals surface area contributed by atoms with Gasteiger partial charge >= 0.3 is 18.9 Å². The van der Waals surface area contributed by atoms with E-state index >= 15 is 0 Å². The summed E-state index contributed by atoms with van der Waals surface area (Å²) in [6.45, 7) is 0. The molecule has 0 rings (SSSR count). The molecule has 0 saturated heterocycles. The van der Waals surface area contributed by atoms with Gasteiger partial charge in [0.2, 0.25) is 0 Å². The minimum Gasteiger partial charge on any atom is -1.00 e. The van der Waals surface area contributed by atoms with Gasteiger partial charge in [-0.25, -0.2) is 0 Å². The monoisotopic (exact) mass is 124 g/mol. The van der Waals surface area contributed by atoms with Crippen LogP contribution in [0.2, 0.25) is 0 Å². The van der Waals surface area contributed by atoms with Crippen molar-refractivity contribution in [1.29, 1.82) is 0 Å². The van der Waals surface area contributed by atoms with E-state index in [-0.39, 0.29) is 40.1 Å². The van der Waals surface area contributed by atoms with Gasteiger partial charge in [-0.05, 0) is 0 Å². The Morgan fingerprint density at radius 3 is 1.80 bits per heavy atom. The van der Waals surface area contributed by atoms with Gasteiger partial charge in [-0.15, -0.1) is 4.91 Å². The van der Waals surface area contributed by atoms with E-state index in [1.54, 1.807) is 0 Å². The van der Waals surface area contributed by atoms with Crippen molar-refractivity contribution in [2.75, 3.05) is 0 Å². The fraction of sp³-hybridized carbons (Fsp3) is 0. The molecule has 0 spiro atoms. The maximum atomic E-state index is 8.11. The summed E-state index contributed by atoms with van der Waals surface area (Å²) in [6.07, 6.45) is 0. The first-order valence-corrected chi connectivity index (χ1v) is 0.383. The van der Waals surface area contributed by atoms with Crippen LogP contribution >= 0.6 is 0 Å². The van der Waals surface area contributed by atoms with Crippen LogP contribution in [0, 0.1) is 4.91 Å². The van der Waals surface area contributed by atoms with Gasteiger partial charge in [-0.1, -0.05) is 0 Å². The largest absolute Gasteiger partial charge is 1.00 e. The van der Waals surface area contributed by atoms with Crippen LogP contribution in [0.15, 0.2) is 5.34 Å². The van der Waals surface area contributed by atoms with Crippen LogP contribution in [-0.2, 0) is 0 Å². The Kier molecular flexibility index (Phi) is 79.9. The summed E-state index contributed by atoms with van der Waals surface area (Å²) < 4.78 is 0. The Morgan fingerprint density at radius 1 is 1.80 bits per heavy atom. The molecule has 5 heavy (non-hydrogen) atoms. The SMILES string of the molecule is O=NO.[Ga].[H-].[Li+]. The van der Waals surface area contributed by atoms with E-state index in [4.69, 9.17) is 10.1 Å². The molecular formula is H2GaLiNO2. The maximum Gasteiger partial charge on any atom is 1.00 e. The van der Waals surface area contributed by atoms with Gasteiger partial charge in [0.25, 0.3) is 0 Å². The third kappa shape index (κ3) is 80.0. The quantitative estimate of drug-likeness (QED) is 0.211. The molecule has 5 heteroatoms. The minimum absolute atomic E-state index is 0. The fourth-order valence-electron chi connectivity index (χ4n) is 0. The molecule has 0 amide bonds. The summed E-state index contributed by atoms with van der Waals surface area (Å²) >= 11 is 0. The van der Waals surface area contributed by atoms with Crippen LogP contribution in [0.25, 0.3) is 0 Å². The third-order valence-corrected chi connectivity index (χ3v) is 0. The predicted octanol–water partition coefficient (Wildman–Crippen LogP) is -3.12. The van der Waals surface area contributed by atoms with Crippen molar-refractivity contribution in [3.63, 3.8) is 0 Å². The van der Waals surface area contributed by atoms with Gasteiger partial charge in [0.15, 0.2) is 5.34 Å². The first-order valence-electron chi connectivity index (χ1n) is 0.383. The van der Waals surface area contributed by atoms with Crippen molar-refractivity contribution in [2.24, 2.45) is 5.34 Å². The van der Waals surface area contributed by atoms with Gasteiger partial charge in [-0.3, -0.25) is 0 Å². The van der Waals surface area contributed by atoms with Crippen LogP contribution in [0.3, 0.4) is 0 Å². The topological polar surface area (TPSA) is 49.7 Å². The van der Waals surface area contributed by atoms with Crippen molar-refractivity contribution in [2.45, 2.75) is 0 Å². The van der Waals surface area contributed by atoms with Crippen molar-refractivity contribution in [3.8, 4) is 0 Å². The van der Waals surface area contributed by atoms with Crippen LogP contribution < -0.4 is 18.9 Å². The Morgan fingerprint density at radius 2 is 1.80 bits per heavy atom. The molecule has 0 aromatic rings. The molecule has 0 fully saturated rings. The van der Waals surface area contributed by atoms with Crippen molar-refractivity contribution < 1.29 is 25.5 Å². The van der Waals surface area contributed by atoms with Gasteiger partial charge in [-0.2, -0.15) is 0 Å². The zero-order valence-corrected chi connectivity index (χ0v) is 5.30. The summed E-state index contributed by atoms with van der Waals surface area (Å²) in [5.41, 5.74) is 0. The molecule has 3 radical (unpaired) electrons. The summed E-state index contributed by atoms with van der Waals surface area (Å²) in [7, 11) is 0. The first kappa shape index (κ1) is 17.4.